The first-order valence-corrected chi connectivity index (χ1v) is 7.66. The van der Waals surface area contributed by atoms with E-state index in [-0.39, 0.29) is 30.4 Å². The Hall–Kier alpha value is -1.35. The van der Waals surface area contributed by atoms with Crippen LogP contribution in [0.3, 0.4) is 0 Å². The number of aliphatic hydroxyl groups excluding tert-OH is 1. The molecule has 3 heteroatoms. The average molecular weight is 275 g/mol. The van der Waals surface area contributed by atoms with Crippen LogP contribution in [0, 0.1) is 5.92 Å². The summed E-state index contributed by atoms with van der Waals surface area (Å²) in [6, 6.07) is 10.3. The number of carbonyl (C=O) groups is 1. The van der Waals surface area contributed by atoms with Gasteiger partial charge in [0.2, 0.25) is 5.91 Å². The maximum Gasteiger partial charge on any atom is 0.220 e. The highest BCUT2D eigenvalue weighted by Gasteiger charge is 2.26. The molecule has 1 saturated carbocycles. The number of hydrogen-bond acceptors (Lipinski definition) is 2. The molecule has 0 radical (unpaired) electrons. The topological polar surface area (TPSA) is 49.3 Å². The summed E-state index contributed by atoms with van der Waals surface area (Å²) in [5.41, 5.74) is 1.20. The lowest BCUT2D eigenvalue weighted by Gasteiger charge is -2.31. The SMILES string of the molecule is CC(CC(=O)NC1CCCCC1CO)c1ccccc1. The molecule has 0 saturated heterocycles. The Morgan fingerprint density at radius 2 is 2.00 bits per heavy atom. The minimum atomic E-state index is 0.103. The predicted octanol–water partition coefficient (Wildman–Crippen LogP) is 2.85. The van der Waals surface area contributed by atoms with Crippen LogP contribution < -0.4 is 5.32 Å². The zero-order valence-electron chi connectivity index (χ0n) is 12.2. The van der Waals surface area contributed by atoms with Crippen molar-refractivity contribution >= 4 is 5.91 Å². The number of nitrogens with one attached hydrogen (secondary N) is 1. The van der Waals surface area contributed by atoms with Gasteiger partial charge in [-0.3, -0.25) is 4.79 Å². The third-order valence-electron chi connectivity index (χ3n) is 4.35. The second-order valence-corrected chi connectivity index (χ2v) is 5.92. The number of aliphatic hydroxyl groups is 1. The Morgan fingerprint density at radius 1 is 1.30 bits per heavy atom. The smallest absolute Gasteiger partial charge is 0.220 e. The summed E-state index contributed by atoms with van der Waals surface area (Å²) >= 11 is 0. The molecule has 2 N–H and O–H groups in total. The Labute approximate surface area is 121 Å². The van der Waals surface area contributed by atoms with Gasteiger partial charge >= 0.3 is 0 Å². The number of rotatable bonds is 5. The largest absolute Gasteiger partial charge is 0.396 e. The number of hydrogen-bond donors (Lipinski definition) is 2. The molecular weight excluding hydrogens is 250 g/mol. The molecule has 110 valence electrons. The Kier molecular flexibility index (Phi) is 5.60. The summed E-state index contributed by atoms with van der Waals surface area (Å²) in [6.45, 7) is 2.26. The third-order valence-corrected chi connectivity index (χ3v) is 4.35. The van der Waals surface area contributed by atoms with Crippen molar-refractivity contribution in [3.8, 4) is 0 Å². The first-order chi connectivity index (χ1) is 9.70. The van der Waals surface area contributed by atoms with E-state index in [1.165, 1.54) is 5.56 Å². The minimum Gasteiger partial charge on any atom is -0.396 e. The standard InChI is InChI=1S/C17H25NO2/c1-13(14-7-3-2-4-8-14)11-17(20)18-16-10-6-5-9-15(16)12-19/h2-4,7-8,13,15-16,19H,5-6,9-12H2,1H3,(H,18,20). The van der Waals surface area contributed by atoms with E-state index in [2.05, 4.69) is 24.4 Å². The first-order valence-electron chi connectivity index (χ1n) is 7.66. The molecule has 0 heterocycles. The van der Waals surface area contributed by atoms with E-state index in [0.29, 0.717) is 6.42 Å². The van der Waals surface area contributed by atoms with E-state index in [1.807, 2.05) is 18.2 Å². The van der Waals surface area contributed by atoms with Crippen molar-refractivity contribution in [3.63, 3.8) is 0 Å². The minimum absolute atomic E-state index is 0.103. The number of benzene rings is 1. The highest BCUT2D eigenvalue weighted by atomic mass is 16.3. The van der Waals surface area contributed by atoms with Gasteiger partial charge in [-0.15, -0.1) is 0 Å². The Balaban J connectivity index is 1.85. The summed E-state index contributed by atoms with van der Waals surface area (Å²) in [6.07, 6.45) is 4.85. The summed E-state index contributed by atoms with van der Waals surface area (Å²) in [7, 11) is 0. The quantitative estimate of drug-likeness (QED) is 0.868. The molecule has 1 aromatic carbocycles. The van der Waals surface area contributed by atoms with Gasteiger partial charge in [0.25, 0.3) is 0 Å². The van der Waals surface area contributed by atoms with Crippen molar-refractivity contribution in [2.45, 2.75) is 51.0 Å². The lowest BCUT2D eigenvalue weighted by Crippen LogP contribution is -2.43. The van der Waals surface area contributed by atoms with Crippen molar-refractivity contribution < 1.29 is 9.90 Å². The molecule has 20 heavy (non-hydrogen) atoms. The van der Waals surface area contributed by atoms with Crippen molar-refractivity contribution in [1.29, 1.82) is 0 Å². The lowest BCUT2D eigenvalue weighted by atomic mass is 9.85. The second-order valence-electron chi connectivity index (χ2n) is 5.92. The molecule has 1 aromatic rings. The highest BCUT2D eigenvalue weighted by molar-refractivity contribution is 5.77. The molecule has 3 atom stereocenters. The van der Waals surface area contributed by atoms with E-state index in [0.717, 1.165) is 25.7 Å². The maximum absolute atomic E-state index is 12.2. The fourth-order valence-corrected chi connectivity index (χ4v) is 3.06. The summed E-state index contributed by atoms with van der Waals surface area (Å²) in [5, 5.41) is 12.5. The summed E-state index contributed by atoms with van der Waals surface area (Å²) < 4.78 is 0. The molecule has 2 rings (SSSR count). The van der Waals surface area contributed by atoms with Gasteiger partial charge < -0.3 is 10.4 Å². The molecule has 3 unspecified atom stereocenters. The van der Waals surface area contributed by atoms with Gasteiger partial charge in [-0.1, -0.05) is 50.1 Å². The molecular formula is C17H25NO2. The van der Waals surface area contributed by atoms with E-state index in [9.17, 15) is 9.90 Å². The zero-order valence-corrected chi connectivity index (χ0v) is 12.2. The van der Waals surface area contributed by atoms with Crippen LogP contribution in [-0.4, -0.2) is 23.7 Å². The van der Waals surface area contributed by atoms with E-state index < -0.39 is 0 Å². The molecule has 1 fully saturated rings. The van der Waals surface area contributed by atoms with Crippen LogP contribution in [0.15, 0.2) is 30.3 Å². The lowest BCUT2D eigenvalue weighted by molar-refractivity contribution is -0.122. The summed E-state index contributed by atoms with van der Waals surface area (Å²) in [5.74, 6) is 0.568. The maximum atomic E-state index is 12.2. The van der Waals surface area contributed by atoms with Crippen LogP contribution in [0.2, 0.25) is 0 Å². The van der Waals surface area contributed by atoms with Gasteiger partial charge in [0.05, 0.1) is 0 Å². The normalized spacial score (nSPS) is 24.1. The van der Waals surface area contributed by atoms with Gasteiger partial charge in [0.15, 0.2) is 0 Å². The summed E-state index contributed by atoms with van der Waals surface area (Å²) in [4.78, 5) is 12.2. The highest BCUT2D eigenvalue weighted by Crippen LogP contribution is 2.25. The molecule has 3 nitrogen and oxygen atoms in total. The molecule has 0 bridgehead atoms. The average Bonchev–Trinajstić information content (AvgIpc) is 2.48. The molecule has 0 aliphatic heterocycles. The van der Waals surface area contributed by atoms with Gasteiger partial charge in [0, 0.05) is 25.0 Å². The molecule has 1 amide bonds. The van der Waals surface area contributed by atoms with Crippen molar-refractivity contribution in [3.05, 3.63) is 35.9 Å². The molecule has 0 aromatic heterocycles. The first kappa shape index (κ1) is 15.0. The van der Waals surface area contributed by atoms with Gasteiger partial charge in [-0.05, 0) is 24.3 Å². The number of carbonyl (C=O) groups excluding carboxylic acids is 1. The van der Waals surface area contributed by atoms with E-state index in [4.69, 9.17) is 0 Å². The van der Waals surface area contributed by atoms with Crippen LogP contribution in [0.4, 0.5) is 0 Å². The molecule has 1 aliphatic rings. The third kappa shape index (κ3) is 4.07. The van der Waals surface area contributed by atoms with E-state index >= 15 is 0 Å². The monoisotopic (exact) mass is 275 g/mol. The van der Waals surface area contributed by atoms with E-state index in [1.54, 1.807) is 0 Å². The molecule has 1 aliphatic carbocycles. The van der Waals surface area contributed by atoms with Crippen LogP contribution >= 0.6 is 0 Å². The van der Waals surface area contributed by atoms with Crippen molar-refractivity contribution in [2.24, 2.45) is 5.92 Å². The van der Waals surface area contributed by atoms with Gasteiger partial charge in [-0.2, -0.15) is 0 Å². The molecule has 0 spiro atoms. The fraction of sp³-hybridized carbons (Fsp3) is 0.588. The van der Waals surface area contributed by atoms with Crippen molar-refractivity contribution in [1.82, 2.24) is 5.32 Å². The Morgan fingerprint density at radius 3 is 2.70 bits per heavy atom. The van der Waals surface area contributed by atoms with Crippen LogP contribution in [0.5, 0.6) is 0 Å². The predicted molar refractivity (Wildman–Crippen MR) is 80.4 cm³/mol. The van der Waals surface area contributed by atoms with Gasteiger partial charge in [-0.25, -0.2) is 0 Å². The van der Waals surface area contributed by atoms with Crippen LogP contribution in [-0.2, 0) is 4.79 Å². The Bertz CT molecular complexity index is 418. The number of amides is 1. The van der Waals surface area contributed by atoms with Crippen LogP contribution in [0.1, 0.15) is 50.5 Å². The fourth-order valence-electron chi connectivity index (χ4n) is 3.06. The second kappa shape index (κ2) is 7.44. The zero-order chi connectivity index (χ0) is 14.4. The van der Waals surface area contributed by atoms with Crippen molar-refractivity contribution in [2.75, 3.05) is 6.61 Å². The van der Waals surface area contributed by atoms with Crippen LogP contribution in [0.25, 0.3) is 0 Å². The van der Waals surface area contributed by atoms with Gasteiger partial charge in [0.1, 0.15) is 0 Å².